The monoisotopic (exact) mass is 339 g/mol. The van der Waals surface area contributed by atoms with E-state index in [0.29, 0.717) is 10.0 Å². The standard InChI is InChI=1S/C17H19Cl2NO2/c1-21-15-7-12(8-16(10-15)22-2)11-20-6-5-13-3-4-14(18)9-17(13)19/h3-4,7-10,20H,5-6,11H2,1-2H3. The first-order valence-corrected chi connectivity index (χ1v) is 7.74. The highest BCUT2D eigenvalue weighted by atomic mass is 35.5. The Balaban J connectivity index is 1.88. The van der Waals surface area contributed by atoms with Gasteiger partial charge in [0, 0.05) is 22.7 Å². The molecule has 0 aliphatic rings. The molecule has 0 atom stereocenters. The summed E-state index contributed by atoms with van der Waals surface area (Å²) >= 11 is 12.1. The maximum Gasteiger partial charge on any atom is 0.122 e. The van der Waals surface area contributed by atoms with E-state index in [1.54, 1.807) is 20.3 Å². The number of benzene rings is 2. The van der Waals surface area contributed by atoms with Crippen molar-refractivity contribution in [2.75, 3.05) is 20.8 Å². The summed E-state index contributed by atoms with van der Waals surface area (Å²) in [5.41, 5.74) is 2.19. The first-order valence-electron chi connectivity index (χ1n) is 6.99. The highest BCUT2D eigenvalue weighted by Gasteiger charge is 2.03. The van der Waals surface area contributed by atoms with Gasteiger partial charge in [0.25, 0.3) is 0 Å². The Kier molecular flexibility index (Phi) is 6.37. The summed E-state index contributed by atoms with van der Waals surface area (Å²) in [6.45, 7) is 1.56. The number of hydrogen-bond acceptors (Lipinski definition) is 3. The number of nitrogens with one attached hydrogen (secondary N) is 1. The molecule has 0 bridgehead atoms. The predicted octanol–water partition coefficient (Wildman–Crippen LogP) is 4.34. The molecule has 0 saturated heterocycles. The molecule has 118 valence electrons. The van der Waals surface area contributed by atoms with Crippen LogP contribution in [0, 0.1) is 0 Å². The fraction of sp³-hybridized carbons (Fsp3) is 0.294. The Hall–Kier alpha value is -1.42. The zero-order chi connectivity index (χ0) is 15.9. The van der Waals surface area contributed by atoms with Gasteiger partial charge in [-0.2, -0.15) is 0 Å². The molecule has 0 amide bonds. The molecular weight excluding hydrogens is 321 g/mol. The molecule has 2 rings (SSSR count). The lowest BCUT2D eigenvalue weighted by Crippen LogP contribution is -2.17. The summed E-state index contributed by atoms with van der Waals surface area (Å²) in [6.07, 6.45) is 0.844. The van der Waals surface area contributed by atoms with Crippen LogP contribution >= 0.6 is 23.2 Å². The molecule has 2 aromatic carbocycles. The van der Waals surface area contributed by atoms with Crippen molar-refractivity contribution in [3.63, 3.8) is 0 Å². The largest absolute Gasteiger partial charge is 0.497 e. The fourth-order valence-electron chi connectivity index (χ4n) is 2.15. The van der Waals surface area contributed by atoms with Crippen LogP contribution in [0.4, 0.5) is 0 Å². The number of methoxy groups -OCH3 is 2. The zero-order valence-electron chi connectivity index (χ0n) is 12.7. The van der Waals surface area contributed by atoms with E-state index >= 15 is 0 Å². The molecule has 0 spiro atoms. The Bertz CT molecular complexity index is 610. The van der Waals surface area contributed by atoms with E-state index in [4.69, 9.17) is 32.7 Å². The summed E-state index contributed by atoms with van der Waals surface area (Å²) in [5.74, 6) is 1.58. The SMILES string of the molecule is COc1cc(CNCCc2ccc(Cl)cc2Cl)cc(OC)c1. The van der Waals surface area contributed by atoms with Crippen LogP contribution in [0.15, 0.2) is 36.4 Å². The number of ether oxygens (including phenoxy) is 2. The van der Waals surface area contributed by atoms with Crippen molar-refractivity contribution in [3.8, 4) is 11.5 Å². The van der Waals surface area contributed by atoms with Crippen LogP contribution in [0.2, 0.25) is 10.0 Å². The van der Waals surface area contributed by atoms with Gasteiger partial charge < -0.3 is 14.8 Å². The maximum absolute atomic E-state index is 6.16. The number of hydrogen-bond donors (Lipinski definition) is 1. The fourth-order valence-corrected chi connectivity index (χ4v) is 2.65. The summed E-state index contributed by atoms with van der Waals surface area (Å²) in [7, 11) is 3.29. The highest BCUT2D eigenvalue weighted by Crippen LogP contribution is 2.23. The molecular formula is C17H19Cl2NO2. The van der Waals surface area contributed by atoms with E-state index in [0.717, 1.165) is 42.1 Å². The average molecular weight is 340 g/mol. The molecule has 0 radical (unpaired) electrons. The smallest absolute Gasteiger partial charge is 0.122 e. The van der Waals surface area contributed by atoms with Gasteiger partial charge in [-0.05, 0) is 48.4 Å². The minimum absolute atomic E-state index is 0.658. The zero-order valence-corrected chi connectivity index (χ0v) is 14.2. The molecule has 0 heterocycles. The van der Waals surface area contributed by atoms with Crippen LogP contribution in [-0.4, -0.2) is 20.8 Å². The predicted molar refractivity (Wildman–Crippen MR) is 91.4 cm³/mol. The second kappa shape index (κ2) is 8.28. The van der Waals surface area contributed by atoms with Crippen LogP contribution in [-0.2, 0) is 13.0 Å². The summed E-state index contributed by atoms with van der Waals surface area (Å²) in [4.78, 5) is 0. The second-order valence-electron chi connectivity index (χ2n) is 4.88. The first kappa shape index (κ1) is 16.9. The average Bonchev–Trinajstić information content (AvgIpc) is 2.52. The van der Waals surface area contributed by atoms with Crippen LogP contribution in [0.3, 0.4) is 0 Å². The Morgan fingerprint density at radius 1 is 0.955 bits per heavy atom. The topological polar surface area (TPSA) is 30.5 Å². The molecule has 0 fully saturated rings. The highest BCUT2D eigenvalue weighted by molar-refractivity contribution is 6.35. The number of halogens is 2. The second-order valence-corrected chi connectivity index (χ2v) is 5.73. The molecule has 0 saturated carbocycles. The lowest BCUT2D eigenvalue weighted by molar-refractivity contribution is 0.393. The summed E-state index contributed by atoms with van der Waals surface area (Å²) in [6, 6.07) is 11.4. The van der Waals surface area contributed by atoms with E-state index in [9.17, 15) is 0 Å². The third-order valence-corrected chi connectivity index (χ3v) is 3.91. The molecule has 0 unspecified atom stereocenters. The Labute approximate surface area is 141 Å². The number of rotatable bonds is 7. The Morgan fingerprint density at radius 2 is 1.64 bits per heavy atom. The minimum atomic E-state index is 0.658. The van der Waals surface area contributed by atoms with Crippen LogP contribution in [0.25, 0.3) is 0 Å². The molecule has 0 aliphatic carbocycles. The molecule has 2 aromatic rings. The first-order chi connectivity index (χ1) is 10.6. The summed E-state index contributed by atoms with van der Waals surface area (Å²) in [5, 5.41) is 4.76. The molecule has 0 aliphatic heterocycles. The van der Waals surface area contributed by atoms with Gasteiger partial charge in [-0.1, -0.05) is 29.3 Å². The van der Waals surface area contributed by atoms with Crippen molar-refractivity contribution in [2.24, 2.45) is 0 Å². The minimum Gasteiger partial charge on any atom is -0.497 e. The van der Waals surface area contributed by atoms with E-state index < -0.39 is 0 Å². The van der Waals surface area contributed by atoms with Crippen molar-refractivity contribution in [1.82, 2.24) is 5.32 Å². The third kappa shape index (κ3) is 4.80. The summed E-state index contributed by atoms with van der Waals surface area (Å²) < 4.78 is 10.5. The van der Waals surface area contributed by atoms with E-state index in [1.807, 2.05) is 30.3 Å². The molecule has 1 N–H and O–H groups in total. The lowest BCUT2D eigenvalue weighted by Gasteiger charge is -2.10. The van der Waals surface area contributed by atoms with E-state index in [2.05, 4.69) is 5.32 Å². The Morgan fingerprint density at radius 3 is 2.23 bits per heavy atom. The van der Waals surface area contributed by atoms with Crippen molar-refractivity contribution < 1.29 is 9.47 Å². The van der Waals surface area contributed by atoms with Crippen LogP contribution in [0.5, 0.6) is 11.5 Å². The molecule has 3 nitrogen and oxygen atoms in total. The van der Waals surface area contributed by atoms with Gasteiger partial charge in [0.1, 0.15) is 11.5 Å². The van der Waals surface area contributed by atoms with Gasteiger partial charge in [-0.25, -0.2) is 0 Å². The van der Waals surface area contributed by atoms with Gasteiger partial charge in [0.2, 0.25) is 0 Å². The maximum atomic E-state index is 6.16. The van der Waals surface area contributed by atoms with Gasteiger partial charge in [0.05, 0.1) is 14.2 Å². The van der Waals surface area contributed by atoms with E-state index in [-0.39, 0.29) is 0 Å². The van der Waals surface area contributed by atoms with Crippen LogP contribution < -0.4 is 14.8 Å². The third-order valence-electron chi connectivity index (χ3n) is 3.33. The van der Waals surface area contributed by atoms with E-state index in [1.165, 1.54) is 0 Å². The van der Waals surface area contributed by atoms with Crippen molar-refractivity contribution >= 4 is 23.2 Å². The normalized spacial score (nSPS) is 10.5. The van der Waals surface area contributed by atoms with Crippen LogP contribution in [0.1, 0.15) is 11.1 Å². The van der Waals surface area contributed by atoms with Gasteiger partial charge in [0.15, 0.2) is 0 Å². The van der Waals surface area contributed by atoms with Crippen molar-refractivity contribution in [2.45, 2.75) is 13.0 Å². The van der Waals surface area contributed by atoms with Crippen molar-refractivity contribution in [1.29, 1.82) is 0 Å². The molecule has 0 aromatic heterocycles. The van der Waals surface area contributed by atoms with Crippen molar-refractivity contribution in [3.05, 3.63) is 57.6 Å². The quantitative estimate of drug-likeness (QED) is 0.761. The van der Waals surface area contributed by atoms with Gasteiger partial charge in [-0.3, -0.25) is 0 Å². The van der Waals surface area contributed by atoms with Gasteiger partial charge >= 0.3 is 0 Å². The molecule has 5 heteroatoms. The lowest BCUT2D eigenvalue weighted by atomic mass is 10.1. The molecule has 22 heavy (non-hydrogen) atoms. The van der Waals surface area contributed by atoms with Gasteiger partial charge in [-0.15, -0.1) is 0 Å².